The number of rotatable bonds is 14. The molecule has 270 valence electrons. The van der Waals surface area contributed by atoms with E-state index in [0.717, 1.165) is 44.5 Å². The van der Waals surface area contributed by atoms with Crippen molar-refractivity contribution in [2.75, 3.05) is 38.9 Å². The predicted octanol–water partition coefficient (Wildman–Crippen LogP) is 4.42. The second-order valence-corrected chi connectivity index (χ2v) is 13.4. The van der Waals surface area contributed by atoms with Crippen molar-refractivity contribution < 1.29 is 27.7 Å². The smallest absolute Gasteiger partial charge is 0.304 e. The summed E-state index contributed by atoms with van der Waals surface area (Å²) in [5.41, 5.74) is 2.18. The van der Waals surface area contributed by atoms with Gasteiger partial charge in [-0.25, -0.2) is 23.4 Å². The zero-order valence-corrected chi connectivity index (χ0v) is 28.6. The molecular formula is C34H41F2N11O4. The lowest BCUT2D eigenvalue weighted by molar-refractivity contribution is -0.0917. The monoisotopic (exact) mass is 705 g/mol. The van der Waals surface area contributed by atoms with Crippen LogP contribution in [-0.2, 0) is 16.0 Å². The number of aromatic nitrogens is 8. The maximum atomic E-state index is 14.4. The summed E-state index contributed by atoms with van der Waals surface area (Å²) in [6.45, 7) is 2.22. The van der Waals surface area contributed by atoms with Crippen molar-refractivity contribution in [1.82, 2.24) is 44.9 Å². The third-order valence-corrected chi connectivity index (χ3v) is 9.73. The molecule has 2 bridgehead atoms. The maximum Gasteiger partial charge on any atom is 0.304 e. The predicted molar refractivity (Wildman–Crippen MR) is 179 cm³/mol. The van der Waals surface area contributed by atoms with Gasteiger partial charge in [0.15, 0.2) is 6.61 Å². The van der Waals surface area contributed by atoms with Crippen LogP contribution >= 0.6 is 0 Å². The molecule has 0 radical (unpaired) electrons. The van der Waals surface area contributed by atoms with E-state index in [1.165, 1.54) is 26.3 Å². The second kappa shape index (κ2) is 15.2. The topological polar surface area (TPSA) is 163 Å². The average molecular weight is 706 g/mol. The quantitative estimate of drug-likeness (QED) is 0.196. The number of ether oxygens (including phenoxy) is 4. The number of methoxy groups -OCH3 is 1. The van der Waals surface area contributed by atoms with Gasteiger partial charge >= 0.3 is 5.92 Å². The summed E-state index contributed by atoms with van der Waals surface area (Å²) in [6.07, 6.45) is 12.5. The molecule has 2 aliphatic heterocycles. The van der Waals surface area contributed by atoms with Crippen LogP contribution in [0, 0.1) is 11.3 Å². The number of halogens is 2. The Morgan fingerprint density at radius 2 is 1.75 bits per heavy atom. The van der Waals surface area contributed by atoms with Gasteiger partial charge in [-0.05, 0) is 73.6 Å². The number of alkyl halides is 2. The van der Waals surface area contributed by atoms with E-state index in [1.807, 2.05) is 11.6 Å². The molecule has 3 aliphatic rings. The van der Waals surface area contributed by atoms with E-state index >= 15 is 0 Å². The van der Waals surface area contributed by atoms with Crippen molar-refractivity contribution in [2.45, 2.75) is 88.2 Å². The Kier molecular flexibility index (Phi) is 10.3. The van der Waals surface area contributed by atoms with Crippen LogP contribution in [0.25, 0.3) is 11.1 Å². The van der Waals surface area contributed by atoms with Gasteiger partial charge in [0.1, 0.15) is 36.5 Å². The molecule has 0 amide bonds. The van der Waals surface area contributed by atoms with Crippen LogP contribution in [0.15, 0.2) is 43.1 Å². The molecule has 2 saturated heterocycles. The summed E-state index contributed by atoms with van der Waals surface area (Å²) in [6, 6.07) is 9.03. The molecule has 17 heteroatoms. The first kappa shape index (κ1) is 34.6. The third-order valence-electron chi connectivity index (χ3n) is 9.73. The highest BCUT2D eigenvalue weighted by Crippen LogP contribution is 2.40. The van der Waals surface area contributed by atoms with Crippen LogP contribution in [0.4, 0.5) is 20.4 Å². The fourth-order valence-corrected chi connectivity index (χ4v) is 7.39. The summed E-state index contributed by atoms with van der Waals surface area (Å²) in [5.74, 6) is -2.52. The minimum Gasteiger partial charge on any atom is -0.487 e. The van der Waals surface area contributed by atoms with Crippen LogP contribution in [-0.4, -0.2) is 109 Å². The average Bonchev–Trinajstić information content (AvgIpc) is 3.85. The van der Waals surface area contributed by atoms with E-state index in [4.69, 9.17) is 14.2 Å². The van der Waals surface area contributed by atoms with Gasteiger partial charge in [0.25, 0.3) is 5.88 Å². The zero-order chi connectivity index (χ0) is 35.4. The third kappa shape index (κ3) is 8.08. The summed E-state index contributed by atoms with van der Waals surface area (Å²) >= 11 is 0. The van der Waals surface area contributed by atoms with Gasteiger partial charge in [0.2, 0.25) is 5.95 Å². The molecule has 15 nitrogen and oxygen atoms in total. The first-order valence-corrected chi connectivity index (χ1v) is 17.2. The van der Waals surface area contributed by atoms with Gasteiger partial charge in [-0.15, -0.1) is 10.2 Å². The Bertz CT molecular complexity index is 1780. The van der Waals surface area contributed by atoms with E-state index in [9.17, 15) is 14.0 Å². The highest BCUT2D eigenvalue weighted by atomic mass is 19.3. The molecule has 3 aromatic heterocycles. The number of anilines is 2. The number of hydrogen-bond donors (Lipinski definition) is 1. The molecule has 7 rings (SSSR count). The number of benzene rings is 1. The Hall–Kier alpha value is -4.79. The lowest BCUT2D eigenvalue weighted by Gasteiger charge is -2.43. The number of morpholine rings is 1. The highest BCUT2D eigenvalue weighted by Gasteiger charge is 2.42. The van der Waals surface area contributed by atoms with Crippen molar-refractivity contribution in [3.8, 4) is 28.8 Å². The molecule has 4 aromatic rings. The van der Waals surface area contributed by atoms with Crippen LogP contribution in [0.3, 0.4) is 0 Å². The number of fused-ring (bicyclic) bond motifs is 2. The first-order chi connectivity index (χ1) is 24.8. The van der Waals surface area contributed by atoms with Crippen molar-refractivity contribution in [3.05, 3.63) is 48.7 Å². The zero-order valence-electron chi connectivity index (χ0n) is 28.6. The lowest BCUT2D eigenvalue weighted by Crippen LogP contribution is -2.52. The molecular weight excluding hydrogens is 664 g/mol. The largest absolute Gasteiger partial charge is 0.487 e. The van der Waals surface area contributed by atoms with Crippen LogP contribution in [0.2, 0.25) is 0 Å². The molecule has 0 unspecified atom stereocenters. The van der Waals surface area contributed by atoms with Crippen LogP contribution in [0.5, 0.6) is 11.6 Å². The molecule has 3 fully saturated rings. The number of nitrogens with zero attached hydrogens (tertiary/aromatic N) is 10. The Balaban J connectivity index is 1.05. The first-order valence-electron chi connectivity index (χ1n) is 17.2. The fourth-order valence-electron chi connectivity index (χ4n) is 7.39. The summed E-state index contributed by atoms with van der Waals surface area (Å²) in [4.78, 5) is 11.7. The number of tetrazole rings is 1. The van der Waals surface area contributed by atoms with Crippen LogP contribution < -0.4 is 14.8 Å². The van der Waals surface area contributed by atoms with Crippen molar-refractivity contribution >= 4 is 11.6 Å². The molecule has 0 spiro atoms. The number of nitrogens with one attached hydrogen (secondary N) is 1. The summed E-state index contributed by atoms with van der Waals surface area (Å²) in [5, 5.41) is 28.5. The van der Waals surface area contributed by atoms with Gasteiger partial charge in [-0.1, -0.05) is 6.07 Å². The molecule has 1 saturated carbocycles. The molecule has 51 heavy (non-hydrogen) atoms. The molecule has 3 atom stereocenters. The standard InChI is InChI=1S/C34H41F2N11O4/c1-22(15-45-21-40-43-44-45)51-31-11-23(3-4-24(31)12-37)25-13-38-33(39-14-25)41-30-16-46(42-32(30)50-20-34(35,36)19-48-2)26-5-7-27(8-6-26)47-28-9-10-29(47)18-49-17-28/h3-4,11,13-14,16,21-22,26-29H,5-10,15,17-20H2,1-2H3,(H,38,39,41)/t22-,26-,27-,28-,29+/m0/s1. The van der Waals surface area contributed by atoms with E-state index < -0.39 is 19.1 Å². The summed E-state index contributed by atoms with van der Waals surface area (Å²) < 4.78 is 54.2. The lowest BCUT2D eigenvalue weighted by atomic mass is 9.89. The molecule has 1 aromatic carbocycles. The Morgan fingerprint density at radius 3 is 2.43 bits per heavy atom. The molecule has 1 aliphatic carbocycles. The molecule has 1 N–H and O–H groups in total. The van der Waals surface area contributed by atoms with E-state index in [-0.39, 0.29) is 24.0 Å². The highest BCUT2D eigenvalue weighted by molar-refractivity contribution is 5.67. The number of hydrogen-bond acceptors (Lipinski definition) is 13. The van der Waals surface area contributed by atoms with Crippen molar-refractivity contribution in [1.29, 1.82) is 5.26 Å². The van der Waals surface area contributed by atoms with E-state index in [1.54, 1.807) is 41.5 Å². The number of nitriles is 1. The van der Waals surface area contributed by atoms with Gasteiger partial charge in [0.05, 0.1) is 37.6 Å². The normalized spacial score (nSPS) is 22.7. The second-order valence-electron chi connectivity index (χ2n) is 13.4. The SMILES string of the molecule is COCC(F)(F)COc1nn([C@H]2CC[C@H](N3[C@@H]4CC[C@H]3COC4)CC2)cc1Nc1ncc(-c2ccc(C#N)c(O[C@@H](C)Cn3cnnn3)c2)cn1. The van der Waals surface area contributed by atoms with Crippen LogP contribution in [0.1, 0.15) is 57.1 Å². The minimum absolute atomic E-state index is 0.0384. The van der Waals surface area contributed by atoms with Gasteiger partial charge < -0.3 is 24.3 Å². The molecule has 5 heterocycles. The summed E-state index contributed by atoms with van der Waals surface area (Å²) in [7, 11) is 1.22. The minimum atomic E-state index is -3.20. The van der Waals surface area contributed by atoms with E-state index in [2.05, 4.69) is 51.6 Å². The Labute approximate surface area is 293 Å². The van der Waals surface area contributed by atoms with Crippen molar-refractivity contribution in [2.24, 2.45) is 0 Å². The maximum absolute atomic E-state index is 14.4. The van der Waals surface area contributed by atoms with E-state index in [0.29, 0.717) is 47.2 Å². The van der Waals surface area contributed by atoms with Gasteiger partial charge in [-0.2, -0.15) is 5.26 Å². The van der Waals surface area contributed by atoms with Crippen molar-refractivity contribution in [3.63, 3.8) is 0 Å². The Morgan fingerprint density at radius 1 is 1.02 bits per heavy atom. The van der Waals surface area contributed by atoms with Gasteiger partial charge in [-0.3, -0.25) is 9.58 Å². The van der Waals surface area contributed by atoms with Gasteiger partial charge in [0, 0.05) is 43.2 Å². The fraction of sp³-hybridized carbons (Fsp3) is 0.559.